The summed E-state index contributed by atoms with van der Waals surface area (Å²) in [6.45, 7) is 2.52. The maximum atomic E-state index is 13.2. The largest absolute Gasteiger partial charge is 0.417 e. The van der Waals surface area contributed by atoms with Crippen molar-refractivity contribution < 1.29 is 22.7 Å². The molecule has 3 rings (SSSR count). The first-order valence-electron chi connectivity index (χ1n) is 8.88. The average molecular weight is 413 g/mol. The van der Waals surface area contributed by atoms with Crippen LogP contribution < -0.4 is 5.32 Å². The van der Waals surface area contributed by atoms with Gasteiger partial charge in [0, 0.05) is 24.7 Å². The maximum Gasteiger partial charge on any atom is 0.417 e. The van der Waals surface area contributed by atoms with Gasteiger partial charge in [-0.15, -0.1) is 0 Å². The zero-order valence-corrected chi connectivity index (χ0v) is 15.8. The van der Waals surface area contributed by atoms with E-state index < -0.39 is 23.2 Å². The third kappa shape index (κ3) is 4.84. The van der Waals surface area contributed by atoms with Crippen molar-refractivity contribution in [1.29, 1.82) is 0 Å². The summed E-state index contributed by atoms with van der Waals surface area (Å²) in [7, 11) is 0. The van der Waals surface area contributed by atoms with Crippen LogP contribution in [0.25, 0.3) is 0 Å². The number of amides is 1. The fraction of sp³-hybridized carbons (Fsp3) is 0.350. The van der Waals surface area contributed by atoms with E-state index >= 15 is 0 Å². The van der Waals surface area contributed by atoms with E-state index in [1.54, 1.807) is 12.1 Å². The van der Waals surface area contributed by atoms with Gasteiger partial charge in [-0.3, -0.25) is 9.69 Å². The van der Waals surface area contributed by atoms with Crippen LogP contribution in [0.4, 0.5) is 13.2 Å². The number of carbonyl (C=O) groups is 1. The smallest absolute Gasteiger partial charge is 0.379 e. The summed E-state index contributed by atoms with van der Waals surface area (Å²) in [5.74, 6) is -0.766. The van der Waals surface area contributed by atoms with Crippen molar-refractivity contribution in [1.82, 2.24) is 10.2 Å². The summed E-state index contributed by atoms with van der Waals surface area (Å²) >= 11 is 6.34. The topological polar surface area (TPSA) is 41.6 Å². The van der Waals surface area contributed by atoms with E-state index in [1.807, 2.05) is 12.1 Å². The molecular weight excluding hydrogens is 393 g/mol. The zero-order chi connectivity index (χ0) is 20.1. The van der Waals surface area contributed by atoms with E-state index in [1.165, 1.54) is 18.2 Å². The fourth-order valence-electron chi connectivity index (χ4n) is 3.28. The van der Waals surface area contributed by atoms with Crippen LogP contribution in [0.2, 0.25) is 5.02 Å². The van der Waals surface area contributed by atoms with Gasteiger partial charge in [-0.25, -0.2) is 0 Å². The molecule has 2 aromatic rings. The van der Waals surface area contributed by atoms with E-state index in [0.29, 0.717) is 31.3 Å². The average Bonchev–Trinajstić information content (AvgIpc) is 2.69. The fourth-order valence-corrected chi connectivity index (χ4v) is 3.54. The lowest BCUT2D eigenvalue weighted by Gasteiger charge is -2.35. The van der Waals surface area contributed by atoms with Crippen LogP contribution in [0.5, 0.6) is 0 Å². The molecule has 28 heavy (non-hydrogen) atoms. The number of hydrogen-bond acceptors (Lipinski definition) is 3. The Morgan fingerprint density at radius 2 is 1.75 bits per heavy atom. The summed E-state index contributed by atoms with van der Waals surface area (Å²) in [6, 6.07) is 11.8. The van der Waals surface area contributed by atoms with Crippen molar-refractivity contribution in [3.05, 3.63) is 70.2 Å². The van der Waals surface area contributed by atoms with Gasteiger partial charge < -0.3 is 10.1 Å². The SMILES string of the molecule is O=C(NC[C@@H](c1ccccc1Cl)N1CCOCC1)c1ccccc1C(F)(F)F. The predicted octanol–water partition coefficient (Wildman–Crippen LogP) is 4.16. The second-order valence-corrected chi connectivity index (χ2v) is 6.85. The number of alkyl halides is 3. The third-order valence-corrected chi connectivity index (χ3v) is 5.03. The van der Waals surface area contributed by atoms with Crippen LogP contribution in [0.15, 0.2) is 48.5 Å². The Balaban J connectivity index is 1.81. The lowest BCUT2D eigenvalue weighted by atomic mass is 10.0. The van der Waals surface area contributed by atoms with Crippen LogP contribution in [-0.2, 0) is 10.9 Å². The van der Waals surface area contributed by atoms with Crippen molar-refractivity contribution >= 4 is 17.5 Å². The molecule has 1 saturated heterocycles. The molecule has 0 bridgehead atoms. The number of halogens is 4. The van der Waals surface area contributed by atoms with Crippen LogP contribution in [0.1, 0.15) is 27.5 Å². The molecule has 1 N–H and O–H groups in total. The minimum atomic E-state index is -4.60. The van der Waals surface area contributed by atoms with Crippen LogP contribution in [0.3, 0.4) is 0 Å². The predicted molar refractivity (Wildman–Crippen MR) is 100 cm³/mol. The molecular formula is C20H20ClF3N2O2. The van der Waals surface area contributed by atoms with E-state index in [9.17, 15) is 18.0 Å². The van der Waals surface area contributed by atoms with Gasteiger partial charge in [-0.05, 0) is 23.8 Å². The van der Waals surface area contributed by atoms with Gasteiger partial charge in [0.15, 0.2) is 0 Å². The van der Waals surface area contributed by atoms with Gasteiger partial charge >= 0.3 is 6.18 Å². The molecule has 8 heteroatoms. The second-order valence-electron chi connectivity index (χ2n) is 6.44. The first-order chi connectivity index (χ1) is 13.4. The first kappa shape index (κ1) is 20.6. The molecule has 0 unspecified atom stereocenters. The van der Waals surface area contributed by atoms with Crippen molar-refractivity contribution in [2.45, 2.75) is 12.2 Å². The number of carbonyl (C=O) groups excluding carboxylic acids is 1. The molecule has 0 radical (unpaired) electrons. The number of benzene rings is 2. The van der Waals surface area contributed by atoms with Gasteiger partial charge in [-0.1, -0.05) is 41.9 Å². The Bertz CT molecular complexity index is 823. The van der Waals surface area contributed by atoms with E-state index in [4.69, 9.17) is 16.3 Å². The second kappa shape index (κ2) is 8.94. The van der Waals surface area contributed by atoms with Crippen molar-refractivity contribution in [3.63, 3.8) is 0 Å². The molecule has 1 aliphatic rings. The summed E-state index contributed by atoms with van der Waals surface area (Å²) in [6.07, 6.45) is -4.60. The third-order valence-electron chi connectivity index (χ3n) is 4.68. The summed E-state index contributed by atoms with van der Waals surface area (Å²) < 4.78 is 45.0. The maximum absolute atomic E-state index is 13.2. The Morgan fingerprint density at radius 3 is 2.43 bits per heavy atom. The van der Waals surface area contributed by atoms with Gasteiger partial charge in [0.1, 0.15) is 0 Å². The standard InChI is InChI=1S/C20H20ClF3N2O2/c21-17-8-4-2-6-15(17)18(26-9-11-28-12-10-26)13-25-19(27)14-5-1-3-7-16(14)20(22,23)24/h1-8,18H,9-13H2,(H,25,27)/t18-/m0/s1. The Morgan fingerprint density at radius 1 is 1.11 bits per heavy atom. The molecule has 1 aliphatic heterocycles. The molecule has 150 valence electrons. The number of morpholine rings is 1. The highest BCUT2D eigenvalue weighted by Crippen LogP contribution is 2.32. The van der Waals surface area contributed by atoms with E-state index in [-0.39, 0.29) is 12.6 Å². The minimum absolute atomic E-state index is 0.134. The molecule has 1 atom stereocenters. The lowest BCUT2D eigenvalue weighted by molar-refractivity contribution is -0.137. The number of ether oxygens (including phenoxy) is 1. The zero-order valence-electron chi connectivity index (χ0n) is 15.0. The highest BCUT2D eigenvalue weighted by Gasteiger charge is 2.35. The molecule has 1 fully saturated rings. The quantitative estimate of drug-likeness (QED) is 0.801. The van der Waals surface area contributed by atoms with Crippen LogP contribution >= 0.6 is 11.6 Å². The Hall–Kier alpha value is -2.09. The van der Waals surface area contributed by atoms with E-state index in [2.05, 4.69) is 10.2 Å². The Kier molecular flexibility index (Phi) is 6.59. The normalized spacial score (nSPS) is 16.6. The number of nitrogens with one attached hydrogen (secondary N) is 1. The molecule has 0 aromatic heterocycles. The van der Waals surface area contributed by atoms with E-state index in [0.717, 1.165) is 11.6 Å². The minimum Gasteiger partial charge on any atom is -0.379 e. The molecule has 0 aliphatic carbocycles. The van der Waals surface area contributed by atoms with Gasteiger partial charge in [0.2, 0.25) is 0 Å². The summed E-state index contributed by atoms with van der Waals surface area (Å²) in [4.78, 5) is 14.6. The van der Waals surface area contributed by atoms with Crippen molar-refractivity contribution in [2.24, 2.45) is 0 Å². The molecule has 0 spiro atoms. The summed E-state index contributed by atoms with van der Waals surface area (Å²) in [5.41, 5.74) is -0.529. The molecule has 0 saturated carbocycles. The van der Waals surface area contributed by atoms with Gasteiger partial charge in [-0.2, -0.15) is 13.2 Å². The Labute approximate surface area is 166 Å². The number of rotatable bonds is 5. The first-order valence-corrected chi connectivity index (χ1v) is 9.26. The van der Waals surface area contributed by atoms with Gasteiger partial charge in [0.05, 0.1) is 30.4 Å². The lowest BCUT2D eigenvalue weighted by Crippen LogP contribution is -2.44. The monoisotopic (exact) mass is 412 g/mol. The number of nitrogens with zero attached hydrogens (tertiary/aromatic N) is 1. The highest BCUT2D eigenvalue weighted by atomic mass is 35.5. The van der Waals surface area contributed by atoms with Crippen molar-refractivity contribution in [2.75, 3.05) is 32.8 Å². The summed E-state index contributed by atoms with van der Waals surface area (Å²) in [5, 5.41) is 3.20. The molecule has 1 amide bonds. The van der Waals surface area contributed by atoms with Crippen molar-refractivity contribution in [3.8, 4) is 0 Å². The molecule has 1 heterocycles. The molecule has 4 nitrogen and oxygen atoms in total. The van der Waals surface area contributed by atoms with Crippen LogP contribution in [0, 0.1) is 0 Å². The van der Waals surface area contributed by atoms with Gasteiger partial charge in [0.25, 0.3) is 5.91 Å². The number of hydrogen-bond donors (Lipinski definition) is 1. The molecule has 2 aromatic carbocycles. The highest BCUT2D eigenvalue weighted by molar-refractivity contribution is 6.31. The van der Waals surface area contributed by atoms with Crippen LogP contribution in [-0.4, -0.2) is 43.7 Å².